The van der Waals surface area contributed by atoms with Gasteiger partial charge in [-0.25, -0.2) is 4.98 Å². The molecule has 0 atom stereocenters. The summed E-state index contributed by atoms with van der Waals surface area (Å²) < 4.78 is 5.46. The van der Waals surface area contributed by atoms with Gasteiger partial charge < -0.3 is 20.4 Å². The zero-order valence-electron chi connectivity index (χ0n) is 17.0. The summed E-state index contributed by atoms with van der Waals surface area (Å²) in [4.78, 5) is 20.1. The monoisotopic (exact) mass is 456 g/mol. The molecule has 0 bridgehead atoms. The number of ether oxygens (including phenoxy) is 1. The quantitative estimate of drug-likeness (QED) is 0.318. The average Bonchev–Trinajstić information content (AvgIpc) is 3.15. The summed E-state index contributed by atoms with van der Waals surface area (Å²) in [6.07, 6.45) is 1.01. The maximum absolute atomic E-state index is 12.3. The van der Waals surface area contributed by atoms with Gasteiger partial charge in [0.15, 0.2) is 0 Å². The lowest BCUT2D eigenvalue weighted by Gasteiger charge is -2.10. The molecule has 160 valence electrons. The van der Waals surface area contributed by atoms with Gasteiger partial charge in [-0.05, 0) is 36.8 Å². The van der Waals surface area contributed by atoms with Crippen molar-refractivity contribution in [3.8, 4) is 5.75 Å². The van der Waals surface area contributed by atoms with E-state index in [0.29, 0.717) is 23.1 Å². The molecule has 0 aliphatic carbocycles. The first-order chi connectivity index (χ1) is 15.0. The van der Waals surface area contributed by atoms with Crippen LogP contribution in [0.3, 0.4) is 0 Å². The number of methoxy groups -OCH3 is 1. The summed E-state index contributed by atoms with van der Waals surface area (Å²) in [7, 11) is 1.65. The fraction of sp³-hybridized carbons (Fsp3) is 0.217. The first-order valence-corrected chi connectivity index (χ1v) is 10.7. The van der Waals surface area contributed by atoms with Crippen molar-refractivity contribution < 1.29 is 9.53 Å². The number of carbonyl (C=O) groups is 1. The van der Waals surface area contributed by atoms with Crippen LogP contribution in [-0.2, 0) is 11.2 Å². The van der Waals surface area contributed by atoms with Crippen LogP contribution in [0.2, 0.25) is 10.0 Å². The van der Waals surface area contributed by atoms with Crippen LogP contribution in [-0.4, -0.2) is 36.1 Å². The fourth-order valence-corrected chi connectivity index (χ4v) is 4.03. The van der Waals surface area contributed by atoms with Crippen LogP contribution in [0.5, 0.6) is 5.75 Å². The van der Waals surface area contributed by atoms with Crippen LogP contribution in [0.4, 0.5) is 5.82 Å². The van der Waals surface area contributed by atoms with Gasteiger partial charge in [-0.3, -0.25) is 4.79 Å². The summed E-state index contributed by atoms with van der Waals surface area (Å²) in [5.74, 6) is 1.47. The zero-order chi connectivity index (χ0) is 21.8. The summed E-state index contributed by atoms with van der Waals surface area (Å²) in [6.45, 7) is 1.23. The molecule has 8 heteroatoms. The Morgan fingerprint density at radius 2 is 1.94 bits per heavy atom. The van der Waals surface area contributed by atoms with Crippen molar-refractivity contribution >= 4 is 56.7 Å². The van der Waals surface area contributed by atoms with Crippen molar-refractivity contribution in [1.82, 2.24) is 15.3 Å². The van der Waals surface area contributed by atoms with Crippen molar-refractivity contribution in [2.45, 2.75) is 12.8 Å². The topological polar surface area (TPSA) is 79.0 Å². The third-order valence-electron chi connectivity index (χ3n) is 4.94. The molecule has 2 aromatic carbocycles. The molecular weight excluding hydrogens is 435 g/mol. The van der Waals surface area contributed by atoms with E-state index in [1.165, 1.54) is 0 Å². The third-order valence-corrected chi connectivity index (χ3v) is 5.47. The normalized spacial score (nSPS) is 11.1. The number of rotatable bonds is 8. The second-order valence-corrected chi connectivity index (χ2v) is 8.02. The summed E-state index contributed by atoms with van der Waals surface area (Å²) in [5.41, 5.74) is 2.49. The number of halogens is 2. The molecule has 0 fully saturated rings. The number of pyridine rings is 1. The molecule has 0 unspecified atom stereocenters. The molecule has 0 aliphatic rings. The molecular formula is C23H22Cl2N4O2. The van der Waals surface area contributed by atoms with Gasteiger partial charge in [0.25, 0.3) is 0 Å². The fourth-order valence-electron chi connectivity index (χ4n) is 3.48. The van der Waals surface area contributed by atoms with E-state index in [4.69, 9.17) is 27.9 Å². The standard InChI is InChI=1S/C23H22Cl2N4O2/c1-31-21-13-22(29-19-6-3-2-5-16(19)21)26-7-4-8-27-23(30)12-15-11-17-18(25)9-14(24)10-20(17)28-15/h2-3,5-6,9-11,13,28H,4,7-8,12H2,1H3,(H,26,29)(H,27,30). The van der Waals surface area contributed by atoms with Crippen molar-refractivity contribution in [3.05, 3.63) is 64.3 Å². The molecule has 4 aromatic rings. The molecule has 31 heavy (non-hydrogen) atoms. The molecule has 0 aliphatic heterocycles. The van der Waals surface area contributed by atoms with Crippen molar-refractivity contribution in [3.63, 3.8) is 0 Å². The molecule has 0 radical (unpaired) electrons. The van der Waals surface area contributed by atoms with E-state index >= 15 is 0 Å². The Labute approximate surface area is 189 Å². The molecule has 1 amide bonds. The number of para-hydroxylation sites is 1. The van der Waals surface area contributed by atoms with Crippen LogP contribution in [0.15, 0.2) is 48.5 Å². The highest BCUT2D eigenvalue weighted by Gasteiger charge is 2.10. The van der Waals surface area contributed by atoms with Gasteiger partial charge in [0.2, 0.25) is 5.91 Å². The highest BCUT2D eigenvalue weighted by Crippen LogP contribution is 2.29. The number of H-pyrrole nitrogens is 1. The average molecular weight is 457 g/mol. The van der Waals surface area contributed by atoms with Gasteiger partial charge in [0, 0.05) is 46.2 Å². The Morgan fingerprint density at radius 3 is 2.77 bits per heavy atom. The number of carbonyl (C=O) groups excluding carboxylic acids is 1. The molecule has 0 saturated carbocycles. The minimum absolute atomic E-state index is 0.0562. The Balaban J connectivity index is 1.26. The van der Waals surface area contributed by atoms with Gasteiger partial charge in [0.05, 0.1) is 24.1 Å². The van der Waals surface area contributed by atoms with Crippen molar-refractivity contribution in [2.24, 2.45) is 0 Å². The van der Waals surface area contributed by atoms with Crippen molar-refractivity contribution in [2.75, 3.05) is 25.5 Å². The minimum Gasteiger partial charge on any atom is -0.496 e. The largest absolute Gasteiger partial charge is 0.496 e. The summed E-state index contributed by atoms with van der Waals surface area (Å²) in [5, 5.41) is 9.18. The van der Waals surface area contributed by atoms with E-state index in [1.807, 2.05) is 36.4 Å². The summed E-state index contributed by atoms with van der Waals surface area (Å²) >= 11 is 12.2. The highest BCUT2D eigenvalue weighted by atomic mass is 35.5. The van der Waals surface area contributed by atoms with Gasteiger partial charge in [-0.1, -0.05) is 35.3 Å². The van der Waals surface area contributed by atoms with E-state index < -0.39 is 0 Å². The first-order valence-electron chi connectivity index (χ1n) is 9.94. The van der Waals surface area contributed by atoms with E-state index in [1.54, 1.807) is 19.2 Å². The Hall–Kier alpha value is -2.96. The predicted octanol–water partition coefficient (Wildman–Crippen LogP) is 5.19. The molecule has 0 spiro atoms. The molecule has 6 nitrogen and oxygen atoms in total. The van der Waals surface area contributed by atoms with Gasteiger partial charge in [-0.15, -0.1) is 0 Å². The van der Waals surface area contributed by atoms with Crippen LogP contribution in [0.1, 0.15) is 12.1 Å². The van der Waals surface area contributed by atoms with Crippen molar-refractivity contribution in [1.29, 1.82) is 0 Å². The maximum Gasteiger partial charge on any atom is 0.225 e. The number of fused-ring (bicyclic) bond motifs is 2. The number of benzene rings is 2. The SMILES string of the molecule is COc1cc(NCCCNC(=O)Cc2cc3c(Cl)cc(Cl)cc3[nH]2)nc2ccccc12. The third kappa shape index (κ3) is 5.03. The number of amides is 1. The van der Waals surface area contributed by atoms with E-state index in [0.717, 1.165) is 45.5 Å². The number of anilines is 1. The number of nitrogens with one attached hydrogen (secondary N) is 3. The Kier molecular flexibility index (Phi) is 6.49. The Morgan fingerprint density at radius 1 is 1.10 bits per heavy atom. The molecule has 3 N–H and O–H groups in total. The van der Waals surface area contributed by atoms with Crippen LogP contribution < -0.4 is 15.4 Å². The number of hydrogen-bond donors (Lipinski definition) is 3. The second-order valence-electron chi connectivity index (χ2n) is 7.18. The van der Waals surface area contributed by atoms with Crippen LogP contribution >= 0.6 is 23.2 Å². The minimum atomic E-state index is -0.0562. The predicted molar refractivity (Wildman–Crippen MR) is 126 cm³/mol. The van der Waals surface area contributed by atoms with Gasteiger partial charge in [-0.2, -0.15) is 0 Å². The van der Waals surface area contributed by atoms with E-state index in [-0.39, 0.29) is 12.3 Å². The van der Waals surface area contributed by atoms with E-state index in [2.05, 4.69) is 20.6 Å². The van der Waals surface area contributed by atoms with Crippen LogP contribution in [0.25, 0.3) is 21.8 Å². The number of nitrogens with zero attached hydrogens (tertiary/aromatic N) is 1. The lowest BCUT2D eigenvalue weighted by atomic mass is 10.2. The van der Waals surface area contributed by atoms with Gasteiger partial charge >= 0.3 is 0 Å². The van der Waals surface area contributed by atoms with Gasteiger partial charge in [0.1, 0.15) is 11.6 Å². The molecule has 4 rings (SSSR count). The number of hydrogen-bond acceptors (Lipinski definition) is 4. The first kappa shape index (κ1) is 21.3. The van der Waals surface area contributed by atoms with Crippen LogP contribution in [0, 0.1) is 0 Å². The molecule has 2 aromatic heterocycles. The lowest BCUT2D eigenvalue weighted by molar-refractivity contribution is -0.120. The maximum atomic E-state index is 12.3. The number of aromatic nitrogens is 2. The molecule has 0 saturated heterocycles. The Bertz CT molecular complexity index is 1240. The highest BCUT2D eigenvalue weighted by molar-refractivity contribution is 6.38. The smallest absolute Gasteiger partial charge is 0.225 e. The molecule has 2 heterocycles. The van der Waals surface area contributed by atoms with E-state index in [9.17, 15) is 4.79 Å². The zero-order valence-corrected chi connectivity index (χ0v) is 18.5. The lowest BCUT2D eigenvalue weighted by Crippen LogP contribution is -2.27. The number of aromatic amines is 1. The summed E-state index contributed by atoms with van der Waals surface area (Å²) in [6, 6.07) is 15.1. The second kappa shape index (κ2) is 9.45.